The van der Waals surface area contributed by atoms with Crippen molar-refractivity contribution in [2.45, 2.75) is 0 Å². The van der Waals surface area contributed by atoms with Gasteiger partial charge in [-0.25, -0.2) is 0 Å². The molecule has 0 saturated heterocycles. The van der Waals surface area contributed by atoms with Crippen LogP contribution < -0.4 is 4.74 Å². The van der Waals surface area contributed by atoms with Crippen molar-refractivity contribution in [2.24, 2.45) is 0 Å². The molecule has 0 fully saturated rings. The highest BCUT2D eigenvalue weighted by Crippen LogP contribution is 2.28. The van der Waals surface area contributed by atoms with E-state index < -0.39 is 0 Å². The molecule has 0 bridgehead atoms. The molecule has 0 atom stereocenters. The van der Waals surface area contributed by atoms with Gasteiger partial charge in [-0.3, -0.25) is 0 Å². The fourth-order valence-corrected chi connectivity index (χ4v) is 2.07. The van der Waals surface area contributed by atoms with Crippen molar-refractivity contribution in [1.29, 1.82) is 0 Å². The van der Waals surface area contributed by atoms with Gasteiger partial charge in [0.2, 0.25) is 5.69 Å². The average molecular weight is 306 g/mol. The predicted octanol–water partition coefficient (Wildman–Crippen LogP) is 3.72. The second kappa shape index (κ2) is 5.69. The highest BCUT2D eigenvalue weighted by atomic mass is 79.9. The highest BCUT2D eigenvalue weighted by Gasteiger charge is 2.06. The number of halogens is 1. The minimum atomic E-state index is 0.548. The number of ether oxygens (including phenoxy) is 1. The summed E-state index contributed by atoms with van der Waals surface area (Å²) in [4.78, 5) is 0. The van der Waals surface area contributed by atoms with E-state index in [4.69, 9.17) is 4.74 Å². The van der Waals surface area contributed by atoms with Crippen molar-refractivity contribution in [3.8, 4) is 5.75 Å². The lowest BCUT2D eigenvalue weighted by molar-refractivity contribution is -0.354. The molecule has 0 spiro atoms. The van der Waals surface area contributed by atoms with Crippen LogP contribution in [0.5, 0.6) is 5.75 Å². The monoisotopic (exact) mass is 305 g/mol. The number of nitrogens with zero attached hydrogens (tertiary/aromatic N) is 1. The molecule has 2 aromatic carbocycles. The van der Waals surface area contributed by atoms with Gasteiger partial charge in [0, 0.05) is 17.7 Å². The van der Waals surface area contributed by atoms with E-state index in [1.165, 1.54) is 6.21 Å². The zero-order valence-corrected chi connectivity index (χ0v) is 11.4. The van der Waals surface area contributed by atoms with Gasteiger partial charge < -0.3 is 9.94 Å². The van der Waals surface area contributed by atoms with Gasteiger partial charge in [0.15, 0.2) is 6.21 Å². The molecule has 0 N–H and O–H groups in total. The lowest BCUT2D eigenvalue weighted by Crippen LogP contribution is -1.98. The summed E-state index contributed by atoms with van der Waals surface area (Å²) in [6.07, 6.45) is 1.54. The van der Waals surface area contributed by atoms with E-state index in [9.17, 15) is 5.21 Å². The molecule has 2 aromatic rings. The summed E-state index contributed by atoms with van der Waals surface area (Å²) in [6.45, 7) is 0. The van der Waals surface area contributed by atoms with Gasteiger partial charge in [-0.1, -0.05) is 18.2 Å². The molecule has 18 heavy (non-hydrogen) atoms. The van der Waals surface area contributed by atoms with Crippen molar-refractivity contribution < 1.29 is 9.48 Å². The summed E-state index contributed by atoms with van der Waals surface area (Å²) in [5.41, 5.74) is 1.41. The number of benzene rings is 2. The summed E-state index contributed by atoms with van der Waals surface area (Å²) >= 11 is 3.36. The predicted molar refractivity (Wildman–Crippen MR) is 75.6 cm³/mol. The number of hydrogen-bond acceptors (Lipinski definition) is 2. The molecule has 0 saturated carbocycles. The van der Waals surface area contributed by atoms with Gasteiger partial charge in [0.1, 0.15) is 5.75 Å². The Morgan fingerprint density at radius 2 is 1.89 bits per heavy atom. The van der Waals surface area contributed by atoms with E-state index in [0.717, 1.165) is 14.8 Å². The second-order valence-corrected chi connectivity index (χ2v) is 4.54. The van der Waals surface area contributed by atoms with E-state index in [-0.39, 0.29) is 0 Å². The zero-order valence-electron chi connectivity index (χ0n) is 9.84. The second-order valence-electron chi connectivity index (χ2n) is 3.68. The minimum absolute atomic E-state index is 0.548. The standard InChI is InChI=1S/C14H12BrNO2/c1-18-14-8-7-12(9-13(14)15)16(17)10-11-5-3-2-4-6-11/h2-10H,1H3/b16-10+. The largest absolute Gasteiger partial charge is 0.618 e. The van der Waals surface area contributed by atoms with Crippen molar-refractivity contribution in [3.63, 3.8) is 0 Å². The van der Waals surface area contributed by atoms with Gasteiger partial charge in [-0.2, -0.15) is 4.74 Å². The maximum Gasteiger partial charge on any atom is 0.217 e. The molecule has 4 heteroatoms. The first-order chi connectivity index (χ1) is 8.70. The third-order valence-corrected chi connectivity index (χ3v) is 3.08. The molecule has 92 valence electrons. The van der Waals surface area contributed by atoms with Crippen LogP contribution in [0.25, 0.3) is 0 Å². The van der Waals surface area contributed by atoms with E-state index in [1.807, 2.05) is 30.3 Å². The molecule has 0 aromatic heterocycles. The maximum absolute atomic E-state index is 12.0. The Balaban J connectivity index is 2.32. The van der Waals surface area contributed by atoms with Gasteiger partial charge in [-0.05, 0) is 34.1 Å². The van der Waals surface area contributed by atoms with Gasteiger partial charge in [-0.15, -0.1) is 0 Å². The molecule has 3 nitrogen and oxygen atoms in total. The fourth-order valence-electron chi connectivity index (χ4n) is 1.54. The summed E-state index contributed by atoms with van der Waals surface area (Å²) in [7, 11) is 1.59. The smallest absolute Gasteiger partial charge is 0.217 e. The Hall–Kier alpha value is -1.81. The molecule has 0 aliphatic heterocycles. The Bertz CT molecular complexity index is 567. The van der Waals surface area contributed by atoms with Crippen LogP contribution in [0.1, 0.15) is 5.56 Å². The summed E-state index contributed by atoms with van der Waals surface area (Å²) in [6, 6.07) is 14.7. The normalized spacial score (nSPS) is 11.3. The molecule has 2 rings (SSSR count). The van der Waals surface area contributed by atoms with E-state index in [1.54, 1.807) is 25.3 Å². The quantitative estimate of drug-likeness (QED) is 0.375. The van der Waals surface area contributed by atoms with Crippen LogP contribution in [0.4, 0.5) is 5.69 Å². The SMILES string of the molecule is COc1ccc(/[N+]([O-])=C\c2ccccc2)cc1Br. The Labute approximate surface area is 114 Å². The summed E-state index contributed by atoms with van der Waals surface area (Å²) in [5, 5.41) is 12.0. The first-order valence-corrected chi connectivity index (χ1v) is 6.20. The lowest BCUT2D eigenvalue weighted by atomic mass is 10.2. The van der Waals surface area contributed by atoms with Crippen LogP contribution in [-0.2, 0) is 0 Å². The van der Waals surface area contributed by atoms with E-state index in [0.29, 0.717) is 11.4 Å². The molecular formula is C14H12BrNO2. The molecule has 0 aliphatic rings. The Morgan fingerprint density at radius 1 is 1.17 bits per heavy atom. The molecule has 0 unspecified atom stereocenters. The average Bonchev–Trinajstić information content (AvgIpc) is 2.39. The minimum Gasteiger partial charge on any atom is -0.618 e. The van der Waals surface area contributed by atoms with Gasteiger partial charge in [0.25, 0.3) is 0 Å². The van der Waals surface area contributed by atoms with Crippen molar-refractivity contribution in [2.75, 3.05) is 7.11 Å². The van der Waals surface area contributed by atoms with Gasteiger partial charge >= 0.3 is 0 Å². The van der Waals surface area contributed by atoms with Crippen LogP contribution in [0, 0.1) is 5.21 Å². The molecule has 0 aliphatic carbocycles. The summed E-state index contributed by atoms with van der Waals surface area (Å²) < 4.78 is 6.71. The van der Waals surface area contributed by atoms with Crippen molar-refractivity contribution in [1.82, 2.24) is 0 Å². The fraction of sp³-hybridized carbons (Fsp3) is 0.0714. The number of rotatable bonds is 3. The van der Waals surface area contributed by atoms with Crippen LogP contribution in [-0.4, -0.2) is 18.1 Å². The summed E-state index contributed by atoms with van der Waals surface area (Å²) in [5.74, 6) is 0.701. The first kappa shape index (κ1) is 12.6. The van der Waals surface area contributed by atoms with Crippen molar-refractivity contribution in [3.05, 3.63) is 63.8 Å². The van der Waals surface area contributed by atoms with Crippen LogP contribution in [0.3, 0.4) is 0 Å². The molecule has 0 amide bonds. The third-order valence-electron chi connectivity index (χ3n) is 2.46. The topological polar surface area (TPSA) is 35.3 Å². The third kappa shape index (κ3) is 2.90. The number of hydrogen-bond donors (Lipinski definition) is 0. The maximum atomic E-state index is 12.0. The zero-order chi connectivity index (χ0) is 13.0. The van der Waals surface area contributed by atoms with Crippen LogP contribution in [0.2, 0.25) is 0 Å². The van der Waals surface area contributed by atoms with Crippen molar-refractivity contribution >= 4 is 27.8 Å². The van der Waals surface area contributed by atoms with Crippen LogP contribution in [0.15, 0.2) is 53.0 Å². The molecule has 0 heterocycles. The van der Waals surface area contributed by atoms with Gasteiger partial charge in [0.05, 0.1) is 11.6 Å². The Kier molecular flexibility index (Phi) is 3.99. The molecular weight excluding hydrogens is 294 g/mol. The van der Waals surface area contributed by atoms with E-state index >= 15 is 0 Å². The number of methoxy groups -OCH3 is 1. The molecule has 0 radical (unpaired) electrons. The van der Waals surface area contributed by atoms with Crippen LogP contribution >= 0.6 is 15.9 Å². The Morgan fingerprint density at radius 3 is 2.50 bits per heavy atom. The first-order valence-electron chi connectivity index (χ1n) is 5.40. The lowest BCUT2D eigenvalue weighted by Gasteiger charge is -2.06. The highest BCUT2D eigenvalue weighted by molar-refractivity contribution is 9.10. The van der Waals surface area contributed by atoms with E-state index in [2.05, 4.69) is 15.9 Å².